The summed E-state index contributed by atoms with van der Waals surface area (Å²) in [4.78, 5) is 30.7. The molecule has 1 N–H and O–H groups in total. The van der Waals surface area contributed by atoms with Crippen LogP contribution in [0.5, 0.6) is 0 Å². The Balaban J connectivity index is 1.96. The lowest BCUT2D eigenvalue weighted by Crippen LogP contribution is -2.52. The molecule has 0 aliphatic carbocycles. The zero-order valence-corrected chi connectivity index (χ0v) is 15.0. The summed E-state index contributed by atoms with van der Waals surface area (Å²) >= 11 is 1.52. The van der Waals surface area contributed by atoms with Crippen LogP contribution < -0.4 is 5.32 Å². The van der Waals surface area contributed by atoms with Crippen LogP contribution in [0.4, 0.5) is 4.79 Å². The third kappa shape index (κ3) is 5.20. The molecule has 6 nitrogen and oxygen atoms in total. The minimum absolute atomic E-state index is 0.136. The number of ether oxygens (including phenoxy) is 1. The molecule has 0 aromatic carbocycles. The highest BCUT2D eigenvalue weighted by Gasteiger charge is 2.34. The summed E-state index contributed by atoms with van der Waals surface area (Å²) in [5.41, 5.74) is 0.390. The van der Waals surface area contributed by atoms with Gasteiger partial charge in [-0.05, 0) is 47.0 Å². The van der Waals surface area contributed by atoms with E-state index in [1.54, 1.807) is 4.90 Å². The van der Waals surface area contributed by atoms with Gasteiger partial charge in [-0.25, -0.2) is 9.78 Å². The van der Waals surface area contributed by atoms with Crippen LogP contribution >= 0.6 is 11.3 Å². The predicted molar refractivity (Wildman–Crippen MR) is 89.3 cm³/mol. The highest BCUT2D eigenvalue weighted by molar-refractivity contribution is 7.09. The van der Waals surface area contributed by atoms with Gasteiger partial charge in [0.1, 0.15) is 16.7 Å². The fourth-order valence-corrected chi connectivity index (χ4v) is 3.22. The van der Waals surface area contributed by atoms with E-state index in [0.29, 0.717) is 19.5 Å². The number of hydrogen-bond acceptors (Lipinski definition) is 5. The Bertz CT molecular complexity index is 565. The van der Waals surface area contributed by atoms with E-state index in [9.17, 15) is 9.59 Å². The second kappa shape index (κ2) is 7.29. The normalized spacial score (nSPS) is 18.6. The van der Waals surface area contributed by atoms with E-state index in [1.807, 2.05) is 33.1 Å². The first-order chi connectivity index (χ1) is 10.8. The van der Waals surface area contributed by atoms with Crippen LogP contribution in [-0.2, 0) is 16.1 Å². The first-order valence-electron chi connectivity index (χ1n) is 7.94. The van der Waals surface area contributed by atoms with Crippen molar-refractivity contribution < 1.29 is 14.3 Å². The number of aryl methyl sites for hydroxylation is 1. The van der Waals surface area contributed by atoms with E-state index < -0.39 is 17.7 Å². The number of thiazole rings is 1. The van der Waals surface area contributed by atoms with Crippen LogP contribution in [0.15, 0.2) is 5.38 Å². The molecule has 1 aromatic rings. The number of nitrogens with zero attached hydrogens (tertiary/aromatic N) is 2. The Morgan fingerprint density at radius 1 is 1.43 bits per heavy atom. The van der Waals surface area contributed by atoms with Gasteiger partial charge in [-0.2, -0.15) is 0 Å². The van der Waals surface area contributed by atoms with Crippen molar-refractivity contribution in [1.82, 2.24) is 15.2 Å². The summed E-state index contributed by atoms with van der Waals surface area (Å²) in [6.45, 7) is 8.37. The van der Waals surface area contributed by atoms with Crippen molar-refractivity contribution in [2.24, 2.45) is 0 Å². The van der Waals surface area contributed by atoms with Crippen LogP contribution in [0.25, 0.3) is 0 Å². The SMILES string of the molecule is Cc1csc(CNC(=O)[C@@H]2CCCCN2C(=O)OC(C)(C)C)n1. The molecule has 0 unspecified atom stereocenters. The van der Waals surface area contributed by atoms with Crippen LogP contribution in [0, 0.1) is 6.92 Å². The molecule has 23 heavy (non-hydrogen) atoms. The van der Waals surface area contributed by atoms with Crippen molar-refractivity contribution in [3.05, 3.63) is 16.1 Å². The van der Waals surface area contributed by atoms with Crippen LogP contribution in [0.1, 0.15) is 50.7 Å². The van der Waals surface area contributed by atoms with Gasteiger partial charge in [0.25, 0.3) is 0 Å². The van der Waals surface area contributed by atoms with Gasteiger partial charge in [0.2, 0.25) is 5.91 Å². The minimum atomic E-state index is -0.562. The average molecular weight is 339 g/mol. The van der Waals surface area contributed by atoms with Crippen LogP contribution in [0.3, 0.4) is 0 Å². The lowest BCUT2D eigenvalue weighted by molar-refractivity contribution is -0.127. The lowest BCUT2D eigenvalue weighted by Gasteiger charge is -2.35. The molecule has 128 valence electrons. The maximum Gasteiger partial charge on any atom is 0.410 e. The van der Waals surface area contributed by atoms with Crippen molar-refractivity contribution in [3.63, 3.8) is 0 Å². The number of rotatable bonds is 3. The largest absolute Gasteiger partial charge is 0.444 e. The fourth-order valence-electron chi connectivity index (χ4n) is 2.51. The third-order valence-corrected chi connectivity index (χ3v) is 4.48. The van der Waals surface area contributed by atoms with Gasteiger partial charge in [0.15, 0.2) is 0 Å². The first kappa shape index (κ1) is 17.7. The number of carbonyl (C=O) groups excluding carboxylic acids is 2. The maximum atomic E-state index is 12.5. The van der Waals surface area contributed by atoms with E-state index in [0.717, 1.165) is 23.5 Å². The number of likely N-dealkylation sites (tertiary alicyclic amines) is 1. The Morgan fingerprint density at radius 3 is 2.78 bits per heavy atom. The van der Waals surface area contributed by atoms with Crippen molar-refractivity contribution in [3.8, 4) is 0 Å². The number of piperidine rings is 1. The second-order valence-electron chi connectivity index (χ2n) is 6.79. The molecular weight excluding hydrogens is 314 g/mol. The molecule has 2 amide bonds. The van der Waals surface area contributed by atoms with E-state index in [-0.39, 0.29) is 5.91 Å². The summed E-state index contributed by atoms with van der Waals surface area (Å²) in [5, 5.41) is 5.71. The topological polar surface area (TPSA) is 71.5 Å². The number of nitrogens with one attached hydrogen (secondary N) is 1. The molecule has 0 spiro atoms. The molecule has 1 fully saturated rings. The summed E-state index contributed by atoms with van der Waals surface area (Å²) in [5.74, 6) is -0.136. The molecule has 7 heteroatoms. The van der Waals surface area contributed by atoms with Crippen molar-refractivity contribution in [2.45, 2.75) is 65.1 Å². The molecule has 1 saturated heterocycles. The van der Waals surface area contributed by atoms with Gasteiger partial charge in [-0.3, -0.25) is 9.69 Å². The van der Waals surface area contributed by atoms with Gasteiger partial charge in [-0.15, -0.1) is 11.3 Å². The highest BCUT2D eigenvalue weighted by atomic mass is 32.1. The quantitative estimate of drug-likeness (QED) is 0.919. The third-order valence-electron chi connectivity index (χ3n) is 3.51. The predicted octanol–water partition coefficient (Wildman–Crippen LogP) is 2.86. The number of aromatic nitrogens is 1. The molecule has 2 heterocycles. The van der Waals surface area contributed by atoms with Crippen LogP contribution in [-0.4, -0.2) is 40.1 Å². The highest BCUT2D eigenvalue weighted by Crippen LogP contribution is 2.21. The molecular formula is C16H25N3O3S. The first-order valence-corrected chi connectivity index (χ1v) is 8.82. The maximum absolute atomic E-state index is 12.5. The van der Waals surface area contributed by atoms with Gasteiger partial charge < -0.3 is 10.1 Å². The van der Waals surface area contributed by atoms with Crippen molar-refractivity contribution >= 4 is 23.3 Å². The number of carbonyl (C=O) groups is 2. The van der Waals surface area contributed by atoms with Gasteiger partial charge in [0, 0.05) is 17.6 Å². The molecule has 0 radical (unpaired) electrons. The van der Waals surface area contributed by atoms with Gasteiger partial charge in [-0.1, -0.05) is 0 Å². The molecule has 0 bridgehead atoms. The van der Waals surface area contributed by atoms with Crippen LogP contribution in [0.2, 0.25) is 0 Å². The standard InChI is InChI=1S/C16H25N3O3S/c1-11-10-23-13(18-11)9-17-14(20)12-7-5-6-8-19(12)15(21)22-16(2,3)4/h10,12H,5-9H2,1-4H3,(H,17,20)/t12-/m0/s1. The lowest BCUT2D eigenvalue weighted by atomic mass is 10.0. The Hall–Kier alpha value is -1.63. The van der Waals surface area contributed by atoms with E-state index >= 15 is 0 Å². The average Bonchev–Trinajstić information content (AvgIpc) is 2.88. The monoisotopic (exact) mass is 339 g/mol. The Morgan fingerprint density at radius 2 is 2.17 bits per heavy atom. The molecule has 1 aromatic heterocycles. The van der Waals surface area contributed by atoms with Gasteiger partial charge in [0.05, 0.1) is 6.54 Å². The smallest absolute Gasteiger partial charge is 0.410 e. The molecule has 1 aliphatic rings. The molecule has 2 rings (SSSR count). The van der Waals surface area contributed by atoms with Crippen molar-refractivity contribution in [1.29, 1.82) is 0 Å². The van der Waals surface area contributed by atoms with Crippen molar-refractivity contribution in [2.75, 3.05) is 6.54 Å². The second-order valence-corrected chi connectivity index (χ2v) is 7.73. The number of amides is 2. The number of hydrogen-bond donors (Lipinski definition) is 1. The fraction of sp³-hybridized carbons (Fsp3) is 0.688. The zero-order valence-electron chi connectivity index (χ0n) is 14.2. The summed E-state index contributed by atoms with van der Waals surface area (Å²) < 4.78 is 5.42. The summed E-state index contributed by atoms with van der Waals surface area (Å²) in [6.07, 6.45) is 2.09. The van der Waals surface area contributed by atoms with E-state index in [2.05, 4.69) is 10.3 Å². The summed E-state index contributed by atoms with van der Waals surface area (Å²) in [6, 6.07) is -0.459. The Kier molecular flexibility index (Phi) is 5.62. The Labute approximate surface area is 141 Å². The van der Waals surface area contributed by atoms with E-state index in [4.69, 9.17) is 4.74 Å². The van der Waals surface area contributed by atoms with Gasteiger partial charge >= 0.3 is 6.09 Å². The zero-order chi connectivity index (χ0) is 17.0. The summed E-state index contributed by atoms with van der Waals surface area (Å²) in [7, 11) is 0. The molecule has 0 saturated carbocycles. The molecule has 1 aliphatic heterocycles. The minimum Gasteiger partial charge on any atom is -0.444 e. The van der Waals surface area contributed by atoms with E-state index in [1.165, 1.54) is 11.3 Å². The molecule has 1 atom stereocenters.